The Balaban J connectivity index is 3.75. The van der Waals surface area contributed by atoms with Crippen LogP contribution in [-0.4, -0.2) is 75.8 Å². The van der Waals surface area contributed by atoms with E-state index in [0.29, 0.717) is 17.6 Å². The molecule has 6 nitrogen and oxygen atoms in total. The van der Waals surface area contributed by atoms with Crippen molar-refractivity contribution in [3.05, 3.63) is 0 Å². The SMILES string of the molecule is CN(C)CCOP(=O)(O)OCC[N+](C)(C)C. The third kappa shape index (κ3) is 10.5. The summed E-state index contributed by atoms with van der Waals surface area (Å²) in [6.45, 7) is 1.63. The summed E-state index contributed by atoms with van der Waals surface area (Å²) >= 11 is 0. The van der Waals surface area contributed by atoms with Gasteiger partial charge in [0.1, 0.15) is 13.2 Å². The van der Waals surface area contributed by atoms with Crippen molar-refractivity contribution in [2.75, 3.05) is 61.5 Å². The van der Waals surface area contributed by atoms with E-state index in [-0.39, 0.29) is 13.2 Å². The molecule has 98 valence electrons. The Morgan fingerprint density at radius 3 is 2.12 bits per heavy atom. The zero-order valence-corrected chi connectivity index (χ0v) is 11.7. The molecule has 0 heterocycles. The fraction of sp³-hybridized carbons (Fsp3) is 1.00. The molecule has 0 rings (SSSR count). The summed E-state index contributed by atoms with van der Waals surface area (Å²) in [7, 11) is 5.81. The van der Waals surface area contributed by atoms with Crippen LogP contribution < -0.4 is 0 Å². The molecule has 1 atom stereocenters. The molecule has 7 heteroatoms. The van der Waals surface area contributed by atoms with E-state index >= 15 is 0 Å². The summed E-state index contributed by atoms with van der Waals surface area (Å²) in [6, 6.07) is 0. The van der Waals surface area contributed by atoms with Crippen LogP contribution in [0.4, 0.5) is 0 Å². The van der Waals surface area contributed by atoms with Crippen LogP contribution in [-0.2, 0) is 13.6 Å². The second kappa shape index (κ2) is 6.69. The molecule has 0 radical (unpaired) electrons. The lowest BCUT2D eigenvalue weighted by Crippen LogP contribution is -2.37. The third-order valence-electron chi connectivity index (χ3n) is 1.81. The number of hydrogen-bond donors (Lipinski definition) is 1. The van der Waals surface area contributed by atoms with Gasteiger partial charge < -0.3 is 14.3 Å². The van der Waals surface area contributed by atoms with Crippen LogP contribution in [0.3, 0.4) is 0 Å². The largest absolute Gasteiger partial charge is 0.472 e. The number of likely N-dealkylation sites (N-methyl/N-ethyl adjacent to an activating group) is 2. The number of quaternary nitrogens is 1. The van der Waals surface area contributed by atoms with Crippen LogP contribution in [0, 0.1) is 0 Å². The molecular formula is C9H24N2O4P+. The highest BCUT2D eigenvalue weighted by atomic mass is 31.2. The minimum atomic E-state index is -3.87. The van der Waals surface area contributed by atoms with Gasteiger partial charge in [-0.2, -0.15) is 0 Å². The summed E-state index contributed by atoms with van der Waals surface area (Å²) in [6.07, 6.45) is 0. The maximum absolute atomic E-state index is 11.4. The molecule has 0 aliphatic rings. The van der Waals surface area contributed by atoms with Gasteiger partial charge in [0.2, 0.25) is 0 Å². The fourth-order valence-corrected chi connectivity index (χ4v) is 1.51. The van der Waals surface area contributed by atoms with E-state index in [4.69, 9.17) is 9.05 Å². The molecule has 0 aliphatic carbocycles. The Bertz CT molecular complexity index is 240. The Labute approximate surface area is 98.0 Å². The van der Waals surface area contributed by atoms with Crippen LogP contribution in [0.25, 0.3) is 0 Å². The van der Waals surface area contributed by atoms with Gasteiger partial charge in [-0.25, -0.2) is 4.57 Å². The first-order chi connectivity index (χ1) is 7.12. The predicted octanol–water partition coefficient (Wildman–Crippen LogP) is 0.388. The first kappa shape index (κ1) is 16.0. The summed E-state index contributed by atoms with van der Waals surface area (Å²) < 4.78 is 21.7. The quantitative estimate of drug-likeness (QED) is 0.502. The highest BCUT2D eigenvalue weighted by Gasteiger charge is 2.22. The van der Waals surface area contributed by atoms with E-state index < -0.39 is 7.82 Å². The van der Waals surface area contributed by atoms with Crippen molar-refractivity contribution in [3.8, 4) is 0 Å². The van der Waals surface area contributed by atoms with Gasteiger partial charge in [0, 0.05) is 6.54 Å². The standard InChI is InChI=1S/C9H23N2O4P/c1-10(2)6-8-14-16(12,13)15-9-7-11(3,4)5/h6-9H2,1-5H3/p+1. The van der Waals surface area contributed by atoms with Crippen molar-refractivity contribution in [1.29, 1.82) is 0 Å². The lowest BCUT2D eigenvalue weighted by Gasteiger charge is -2.24. The van der Waals surface area contributed by atoms with Crippen LogP contribution in [0.15, 0.2) is 0 Å². The van der Waals surface area contributed by atoms with Crippen LogP contribution in [0.5, 0.6) is 0 Å². The van der Waals surface area contributed by atoms with Gasteiger partial charge in [-0.05, 0) is 14.1 Å². The molecular weight excluding hydrogens is 231 g/mol. The molecule has 0 saturated carbocycles. The van der Waals surface area contributed by atoms with Crippen molar-refractivity contribution >= 4 is 7.82 Å². The highest BCUT2D eigenvalue weighted by Crippen LogP contribution is 2.42. The van der Waals surface area contributed by atoms with Gasteiger partial charge in [0.05, 0.1) is 27.7 Å². The van der Waals surface area contributed by atoms with E-state index in [1.165, 1.54) is 0 Å². The van der Waals surface area contributed by atoms with E-state index in [2.05, 4.69) is 0 Å². The zero-order valence-electron chi connectivity index (χ0n) is 10.8. The Hall–Kier alpha value is 0.0300. The van der Waals surface area contributed by atoms with Crippen molar-refractivity contribution in [3.63, 3.8) is 0 Å². The summed E-state index contributed by atoms with van der Waals surface area (Å²) in [5, 5.41) is 0. The number of rotatable bonds is 8. The van der Waals surface area contributed by atoms with Gasteiger partial charge in [-0.15, -0.1) is 0 Å². The van der Waals surface area contributed by atoms with Gasteiger partial charge in [-0.1, -0.05) is 0 Å². The van der Waals surface area contributed by atoms with Crippen molar-refractivity contribution in [2.45, 2.75) is 0 Å². The summed E-state index contributed by atoms with van der Waals surface area (Å²) in [4.78, 5) is 11.2. The fourth-order valence-electron chi connectivity index (χ4n) is 0.806. The van der Waals surface area contributed by atoms with Gasteiger partial charge in [0.25, 0.3) is 0 Å². The number of phosphoric ester groups is 1. The van der Waals surface area contributed by atoms with E-state index in [0.717, 1.165) is 0 Å². The van der Waals surface area contributed by atoms with E-state index in [9.17, 15) is 9.46 Å². The molecule has 0 spiro atoms. The number of nitrogens with zero attached hydrogens (tertiary/aromatic N) is 2. The molecule has 1 unspecified atom stereocenters. The highest BCUT2D eigenvalue weighted by molar-refractivity contribution is 7.47. The predicted molar refractivity (Wildman–Crippen MR) is 63.2 cm³/mol. The zero-order chi connectivity index (χ0) is 12.8. The lowest BCUT2D eigenvalue weighted by atomic mass is 10.5. The number of hydrogen-bond acceptors (Lipinski definition) is 4. The molecule has 0 fully saturated rings. The Morgan fingerprint density at radius 1 is 1.19 bits per heavy atom. The molecule has 0 aromatic heterocycles. The normalized spacial score (nSPS) is 16.4. The van der Waals surface area contributed by atoms with Gasteiger partial charge >= 0.3 is 7.82 Å². The molecule has 0 amide bonds. The second-order valence-corrected chi connectivity index (χ2v) is 6.41. The van der Waals surface area contributed by atoms with Crippen LogP contribution in [0.2, 0.25) is 0 Å². The molecule has 1 N–H and O–H groups in total. The Kier molecular flexibility index (Phi) is 6.70. The molecule has 16 heavy (non-hydrogen) atoms. The summed E-state index contributed by atoms with van der Waals surface area (Å²) in [5.41, 5.74) is 0. The van der Waals surface area contributed by atoms with Crippen molar-refractivity contribution < 1.29 is 23.0 Å². The lowest BCUT2D eigenvalue weighted by molar-refractivity contribution is -0.870. The van der Waals surface area contributed by atoms with Crippen LogP contribution >= 0.6 is 7.82 Å². The maximum atomic E-state index is 11.4. The average Bonchev–Trinajstić information content (AvgIpc) is 1.99. The van der Waals surface area contributed by atoms with Crippen LogP contribution in [0.1, 0.15) is 0 Å². The minimum Gasteiger partial charge on any atom is -0.329 e. The second-order valence-electron chi connectivity index (χ2n) is 4.95. The molecule has 0 bridgehead atoms. The molecule has 0 aromatic carbocycles. The average molecular weight is 255 g/mol. The molecule has 0 saturated heterocycles. The number of phosphoric acid groups is 1. The topological polar surface area (TPSA) is 59.0 Å². The smallest absolute Gasteiger partial charge is 0.329 e. The monoisotopic (exact) mass is 255 g/mol. The molecule has 0 aliphatic heterocycles. The van der Waals surface area contributed by atoms with E-state index in [1.54, 1.807) is 0 Å². The minimum absolute atomic E-state index is 0.186. The van der Waals surface area contributed by atoms with Crippen molar-refractivity contribution in [1.82, 2.24) is 4.90 Å². The van der Waals surface area contributed by atoms with Crippen molar-refractivity contribution in [2.24, 2.45) is 0 Å². The third-order valence-corrected chi connectivity index (χ3v) is 2.83. The summed E-state index contributed by atoms with van der Waals surface area (Å²) in [5.74, 6) is 0. The van der Waals surface area contributed by atoms with Gasteiger partial charge in [0.15, 0.2) is 0 Å². The van der Waals surface area contributed by atoms with E-state index in [1.807, 2.05) is 40.1 Å². The van der Waals surface area contributed by atoms with Gasteiger partial charge in [-0.3, -0.25) is 9.05 Å². The first-order valence-corrected chi connectivity index (χ1v) is 6.69. The molecule has 0 aromatic rings. The Morgan fingerprint density at radius 2 is 1.69 bits per heavy atom. The first-order valence-electron chi connectivity index (χ1n) is 5.19. The maximum Gasteiger partial charge on any atom is 0.472 e.